The Morgan fingerprint density at radius 2 is 1.86 bits per heavy atom. The third-order valence-electron chi connectivity index (χ3n) is 3.33. The Labute approximate surface area is 134 Å². The first-order valence-electron chi connectivity index (χ1n) is 6.36. The highest BCUT2D eigenvalue weighted by Crippen LogP contribution is 2.36. The van der Waals surface area contributed by atoms with E-state index in [4.69, 9.17) is 26.8 Å². The lowest BCUT2D eigenvalue weighted by atomic mass is 9.98. The van der Waals surface area contributed by atoms with Gasteiger partial charge in [0.1, 0.15) is 19.0 Å². The number of rotatable bonds is 2. The summed E-state index contributed by atoms with van der Waals surface area (Å²) in [6, 6.07) is 8.02. The Balaban J connectivity index is 1.99. The van der Waals surface area contributed by atoms with Crippen LogP contribution in [-0.4, -0.2) is 13.2 Å². The van der Waals surface area contributed by atoms with Gasteiger partial charge in [-0.3, -0.25) is 0 Å². The maximum Gasteiger partial charge on any atom is 0.161 e. The van der Waals surface area contributed by atoms with Crippen LogP contribution in [0.25, 0.3) is 0 Å². The van der Waals surface area contributed by atoms with E-state index < -0.39 is 11.9 Å². The molecule has 3 rings (SSSR count). The molecule has 0 saturated heterocycles. The van der Waals surface area contributed by atoms with Crippen molar-refractivity contribution < 1.29 is 13.9 Å². The average molecular weight is 373 g/mol. The normalized spacial score (nSPS) is 14.9. The zero-order valence-electron chi connectivity index (χ0n) is 10.9. The quantitative estimate of drug-likeness (QED) is 0.809. The molecule has 6 heteroatoms. The fourth-order valence-corrected chi connectivity index (χ4v) is 2.69. The van der Waals surface area contributed by atoms with E-state index in [-0.39, 0.29) is 5.02 Å². The molecule has 0 aliphatic carbocycles. The number of ether oxygens (including phenoxy) is 2. The van der Waals surface area contributed by atoms with Crippen LogP contribution in [-0.2, 0) is 0 Å². The molecule has 2 aromatic rings. The van der Waals surface area contributed by atoms with Crippen molar-refractivity contribution in [3.05, 3.63) is 56.8 Å². The summed E-state index contributed by atoms with van der Waals surface area (Å²) in [5.41, 5.74) is 7.23. The van der Waals surface area contributed by atoms with Gasteiger partial charge < -0.3 is 15.2 Å². The van der Waals surface area contributed by atoms with Gasteiger partial charge in [0.05, 0.1) is 11.1 Å². The SMILES string of the molecule is NC(c1ccc2c(c1)OCCO2)c1ccc(Br)c(Cl)c1F. The predicted molar refractivity (Wildman–Crippen MR) is 82.6 cm³/mol. The molecule has 2 N–H and O–H groups in total. The number of hydrogen-bond acceptors (Lipinski definition) is 3. The van der Waals surface area contributed by atoms with Gasteiger partial charge in [0.2, 0.25) is 0 Å². The maximum absolute atomic E-state index is 14.2. The summed E-state index contributed by atoms with van der Waals surface area (Å²) in [6.45, 7) is 1.01. The minimum atomic E-state index is -0.633. The lowest BCUT2D eigenvalue weighted by Gasteiger charge is -2.21. The molecule has 1 heterocycles. The van der Waals surface area contributed by atoms with Crippen LogP contribution in [0.4, 0.5) is 4.39 Å². The monoisotopic (exact) mass is 371 g/mol. The average Bonchev–Trinajstić information content (AvgIpc) is 2.52. The topological polar surface area (TPSA) is 44.5 Å². The van der Waals surface area contributed by atoms with E-state index in [9.17, 15) is 4.39 Å². The Hall–Kier alpha value is -1.30. The van der Waals surface area contributed by atoms with Gasteiger partial charge in [-0.15, -0.1) is 0 Å². The summed E-state index contributed by atoms with van der Waals surface area (Å²) in [5, 5.41) is 0.0282. The van der Waals surface area contributed by atoms with Crippen LogP contribution in [0.2, 0.25) is 5.02 Å². The number of fused-ring (bicyclic) bond motifs is 1. The number of hydrogen-bond donors (Lipinski definition) is 1. The van der Waals surface area contributed by atoms with Gasteiger partial charge in [0.15, 0.2) is 11.5 Å². The van der Waals surface area contributed by atoms with Crippen molar-refractivity contribution in [2.45, 2.75) is 6.04 Å². The van der Waals surface area contributed by atoms with Gasteiger partial charge in [-0.1, -0.05) is 23.7 Å². The first kappa shape index (κ1) is 14.6. The molecule has 1 unspecified atom stereocenters. The molecule has 21 heavy (non-hydrogen) atoms. The van der Waals surface area contributed by atoms with E-state index in [0.717, 1.165) is 5.56 Å². The zero-order chi connectivity index (χ0) is 15.0. The van der Waals surface area contributed by atoms with Gasteiger partial charge in [0.25, 0.3) is 0 Å². The van der Waals surface area contributed by atoms with Crippen molar-refractivity contribution in [3.8, 4) is 11.5 Å². The second-order valence-electron chi connectivity index (χ2n) is 4.65. The summed E-state index contributed by atoms with van der Waals surface area (Å²) in [6.07, 6.45) is 0. The first-order chi connectivity index (χ1) is 10.1. The Morgan fingerprint density at radius 3 is 2.62 bits per heavy atom. The molecule has 3 nitrogen and oxygen atoms in total. The minimum absolute atomic E-state index is 0.0282. The molecule has 1 aliphatic rings. The van der Waals surface area contributed by atoms with E-state index >= 15 is 0 Å². The summed E-state index contributed by atoms with van der Waals surface area (Å²) in [5.74, 6) is 0.776. The molecule has 0 spiro atoms. The van der Waals surface area contributed by atoms with Crippen LogP contribution in [0.1, 0.15) is 17.2 Å². The van der Waals surface area contributed by atoms with Crippen molar-refractivity contribution in [2.75, 3.05) is 13.2 Å². The van der Waals surface area contributed by atoms with Crippen LogP contribution >= 0.6 is 27.5 Å². The third-order valence-corrected chi connectivity index (χ3v) is 4.58. The molecule has 0 saturated carbocycles. The molecule has 1 aliphatic heterocycles. The maximum atomic E-state index is 14.2. The van der Waals surface area contributed by atoms with E-state index in [1.54, 1.807) is 30.3 Å². The molecular weight excluding hydrogens is 361 g/mol. The van der Waals surface area contributed by atoms with Gasteiger partial charge in [-0.05, 0) is 39.7 Å². The second kappa shape index (κ2) is 5.83. The summed E-state index contributed by atoms with van der Waals surface area (Å²) < 4.78 is 25.7. The largest absolute Gasteiger partial charge is 0.486 e. The van der Waals surface area contributed by atoms with Crippen LogP contribution in [0, 0.1) is 5.82 Å². The Kier molecular flexibility index (Phi) is 4.06. The molecule has 2 aromatic carbocycles. The molecular formula is C15H12BrClFNO2. The van der Waals surface area contributed by atoms with Crippen molar-refractivity contribution in [2.24, 2.45) is 5.73 Å². The highest BCUT2D eigenvalue weighted by Gasteiger charge is 2.20. The first-order valence-corrected chi connectivity index (χ1v) is 7.53. The van der Waals surface area contributed by atoms with Crippen molar-refractivity contribution in [1.29, 1.82) is 0 Å². The number of halogens is 3. The Morgan fingerprint density at radius 1 is 1.14 bits per heavy atom. The van der Waals surface area contributed by atoms with Crippen molar-refractivity contribution >= 4 is 27.5 Å². The Bertz CT molecular complexity index is 696. The smallest absolute Gasteiger partial charge is 0.161 e. The fraction of sp³-hybridized carbons (Fsp3) is 0.200. The molecule has 110 valence electrons. The lowest BCUT2D eigenvalue weighted by molar-refractivity contribution is 0.171. The van der Waals surface area contributed by atoms with E-state index in [2.05, 4.69) is 15.9 Å². The van der Waals surface area contributed by atoms with Crippen molar-refractivity contribution in [1.82, 2.24) is 0 Å². The standard InChI is InChI=1S/C15H12BrClFNO2/c16-10-3-2-9(14(18)13(10)17)15(19)8-1-4-11-12(7-8)21-6-5-20-11/h1-4,7,15H,5-6,19H2. The molecule has 0 amide bonds. The molecule has 0 bridgehead atoms. The lowest BCUT2D eigenvalue weighted by Crippen LogP contribution is -2.17. The molecule has 0 aromatic heterocycles. The van der Waals surface area contributed by atoms with Crippen LogP contribution in [0.3, 0.4) is 0 Å². The van der Waals surface area contributed by atoms with Crippen molar-refractivity contribution in [3.63, 3.8) is 0 Å². The van der Waals surface area contributed by atoms with Crippen LogP contribution < -0.4 is 15.2 Å². The van der Waals surface area contributed by atoms with E-state index in [0.29, 0.717) is 34.7 Å². The van der Waals surface area contributed by atoms with Gasteiger partial charge >= 0.3 is 0 Å². The fourth-order valence-electron chi connectivity index (χ4n) is 2.21. The third kappa shape index (κ3) is 2.73. The highest BCUT2D eigenvalue weighted by molar-refractivity contribution is 9.10. The van der Waals surface area contributed by atoms with Crippen LogP contribution in [0.5, 0.6) is 11.5 Å². The van der Waals surface area contributed by atoms with Crippen LogP contribution in [0.15, 0.2) is 34.8 Å². The number of nitrogens with two attached hydrogens (primary N) is 1. The molecule has 0 fully saturated rings. The van der Waals surface area contributed by atoms with E-state index in [1.807, 2.05) is 0 Å². The zero-order valence-corrected chi connectivity index (χ0v) is 13.2. The highest BCUT2D eigenvalue weighted by atomic mass is 79.9. The number of benzene rings is 2. The minimum Gasteiger partial charge on any atom is -0.486 e. The van der Waals surface area contributed by atoms with Gasteiger partial charge in [0, 0.05) is 10.0 Å². The summed E-state index contributed by atoms with van der Waals surface area (Å²) in [4.78, 5) is 0. The summed E-state index contributed by atoms with van der Waals surface area (Å²) >= 11 is 9.09. The molecule has 1 atom stereocenters. The summed E-state index contributed by atoms with van der Waals surface area (Å²) in [7, 11) is 0. The predicted octanol–water partition coefficient (Wildman–Crippen LogP) is 4.06. The van der Waals surface area contributed by atoms with Gasteiger partial charge in [-0.2, -0.15) is 0 Å². The van der Waals surface area contributed by atoms with E-state index in [1.165, 1.54) is 0 Å². The van der Waals surface area contributed by atoms with Gasteiger partial charge in [-0.25, -0.2) is 4.39 Å². The molecule has 0 radical (unpaired) electrons. The second-order valence-corrected chi connectivity index (χ2v) is 5.88.